The predicted octanol–water partition coefficient (Wildman–Crippen LogP) is 3.99. The molecule has 6 nitrogen and oxygen atoms in total. The number of imide groups is 1. The van der Waals surface area contributed by atoms with Crippen molar-refractivity contribution in [3.63, 3.8) is 0 Å². The van der Waals surface area contributed by atoms with Crippen molar-refractivity contribution in [2.75, 3.05) is 11.4 Å². The molecule has 1 aromatic heterocycles. The highest BCUT2D eigenvalue weighted by Crippen LogP contribution is 2.33. The summed E-state index contributed by atoms with van der Waals surface area (Å²) in [5.74, 6) is -0.554. The third kappa shape index (κ3) is 4.11. The Morgan fingerprint density at radius 1 is 1.10 bits per heavy atom. The van der Waals surface area contributed by atoms with Crippen molar-refractivity contribution in [1.82, 2.24) is 9.88 Å². The number of aromatic nitrogens is 1. The van der Waals surface area contributed by atoms with Crippen LogP contribution in [0.1, 0.15) is 36.0 Å². The van der Waals surface area contributed by atoms with Crippen LogP contribution in [-0.2, 0) is 20.9 Å². The molecule has 0 aliphatic carbocycles. The van der Waals surface area contributed by atoms with E-state index in [1.165, 1.54) is 16.2 Å². The summed E-state index contributed by atoms with van der Waals surface area (Å²) < 4.78 is 1.04. The zero-order valence-corrected chi connectivity index (χ0v) is 17.9. The van der Waals surface area contributed by atoms with Crippen LogP contribution in [0.15, 0.2) is 42.5 Å². The van der Waals surface area contributed by atoms with Crippen molar-refractivity contribution in [1.29, 1.82) is 0 Å². The van der Waals surface area contributed by atoms with Gasteiger partial charge in [0.15, 0.2) is 5.13 Å². The van der Waals surface area contributed by atoms with Crippen LogP contribution in [0, 0.1) is 13.8 Å². The van der Waals surface area contributed by atoms with Gasteiger partial charge < -0.3 is 0 Å². The molecule has 1 fully saturated rings. The maximum atomic E-state index is 13.2. The molecule has 0 atom stereocenters. The van der Waals surface area contributed by atoms with Crippen molar-refractivity contribution < 1.29 is 14.4 Å². The van der Waals surface area contributed by atoms with Crippen LogP contribution < -0.4 is 4.90 Å². The van der Waals surface area contributed by atoms with E-state index in [1.807, 2.05) is 44.2 Å². The molecule has 0 spiro atoms. The van der Waals surface area contributed by atoms with Crippen LogP contribution in [0.25, 0.3) is 10.2 Å². The number of nitrogens with zero attached hydrogens (tertiary/aromatic N) is 3. The number of aryl methyl sites for hydroxylation is 2. The minimum absolute atomic E-state index is 0.0816. The van der Waals surface area contributed by atoms with E-state index < -0.39 is 0 Å². The molecule has 0 radical (unpaired) electrons. The number of hydrogen-bond acceptors (Lipinski definition) is 5. The van der Waals surface area contributed by atoms with Gasteiger partial charge in [0.2, 0.25) is 17.7 Å². The van der Waals surface area contributed by atoms with Crippen LogP contribution >= 0.6 is 11.3 Å². The van der Waals surface area contributed by atoms with Gasteiger partial charge in [-0.05, 0) is 36.6 Å². The lowest BCUT2D eigenvalue weighted by molar-refractivity contribution is -0.138. The summed E-state index contributed by atoms with van der Waals surface area (Å²) in [5, 5.41) is 0.631. The van der Waals surface area contributed by atoms with Crippen LogP contribution in [0.2, 0.25) is 0 Å². The Labute approximate surface area is 179 Å². The lowest BCUT2D eigenvalue weighted by Crippen LogP contribution is -2.36. The summed E-state index contributed by atoms with van der Waals surface area (Å²) in [6, 6.07) is 13.9. The third-order valence-corrected chi connectivity index (χ3v) is 6.26. The molecule has 2 heterocycles. The SMILES string of the molecule is Cc1cc(C)c2nc(N(Cc3ccccc3)C(=O)CCN3C(=O)CCC3=O)sc2c1. The second-order valence-electron chi connectivity index (χ2n) is 7.58. The molecule has 4 rings (SSSR count). The average molecular weight is 422 g/mol. The van der Waals surface area contributed by atoms with Gasteiger partial charge in [-0.15, -0.1) is 0 Å². The molecule has 1 aliphatic rings. The smallest absolute Gasteiger partial charge is 0.230 e. The fraction of sp³-hybridized carbons (Fsp3) is 0.304. The standard InChI is InChI=1S/C23H23N3O3S/c1-15-12-16(2)22-18(13-15)30-23(24-22)26(14-17-6-4-3-5-7-17)21(29)10-11-25-19(27)8-9-20(25)28/h3-7,12-13H,8-11,14H2,1-2H3. The summed E-state index contributed by atoms with van der Waals surface area (Å²) in [5.41, 5.74) is 4.12. The highest BCUT2D eigenvalue weighted by atomic mass is 32.1. The Bertz CT molecular complexity index is 1110. The van der Waals surface area contributed by atoms with E-state index in [0.29, 0.717) is 11.7 Å². The van der Waals surface area contributed by atoms with Crippen molar-refractivity contribution in [3.8, 4) is 0 Å². The van der Waals surface area contributed by atoms with E-state index in [2.05, 4.69) is 12.1 Å². The van der Waals surface area contributed by atoms with E-state index in [4.69, 9.17) is 4.98 Å². The molecule has 7 heteroatoms. The molecule has 0 N–H and O–H groups in total. The van der Waals surface area contributed by atoms with Gasteiger partial charge in [0, 0.05) is 25.8 Å². The zero-order chi connectivity index (χ0) is 21.3. The predicted molar refractivity (Wildman–Crippen MR) is 117 cm³/mol. The molecule has 30 heavy (non-hydrogen) atoms. The van der Waals surface area contributed by atoms with Gasteiger partial charge in [0.1, 0.15) is 0 Å². The Balaban J connectivity index is 1.62. The average Bonchev–Trinajstić information content (AvgIpc) is 3.28. The first-order chi connectivity index (χ1) is 14.4. The third-order valence-electron chi connectivity index (χ3n) is 5.24. The number of benzene rings is 2. The number of anilines is 1. The highest BCUT2D eigenvalue weighted by molar-refractivity contribution is 7.22. The van der Waals surface area contributed by atoms with Gasteiger partial charge in [-0.25, -0.2) is 4.98 Å². The number of carbonyl (C=O) groups is 3. The van der Waals surface area contributed by atoms with Crippen LogP contribution in [0.5, 0.6) is 0 Å². The molecule has 0 bridgehead atoms. The molecule has 3 amide bonds. The molecular formula is C23H23N3O3S. The van der Waals surface area contributed by atoms with Gasteiger partial charge in [0.05, 0.1) is 16.8 Å². The summed E-state index contributed by atoms with van der Waals surface area (Å²) in [7, 11) is 0. The van der Waals surface area contributed by atoms with Gasteiger partial charge in [-0.3, -0.25) is 24.2 Å². The molecule has 1 saturated heterocycles. The van der Waals surface area contributed by atoms with Crippen molar-refractivity contribution in [2.24, 2.45) is 0 Å². The molecule has 0 saturated carbocycles. The number of likely N-dealkylation sites (tertiary alicyclic amines) is 1. The summed E-state index contributed by atoms with van der Waals surface area (Å²) in [6.07, 6.45) is 0.548. The first-order valence-corrected chi connectivity index (χ1v) is 10.8. The van der Waals surface area contributed by atoms with E-state index in [9.17, 15) is 14.4 Å². The van der Waals surface area contributed by atoms with Gasteiger partial charge in [0.25, 0.3) is 0 Å². The van der Waals surface area contributed by atoms with Crippen molar-refractivity contribution in [3.05, 3.63) is 59.2 Å². The molecule has 3 aromatic rings. The minimum Gasteiger partial charge on any atom is -0.284 e. The number of hydrogen-bond donors (Lipinski definition) is 0. The second kappa shape index (κ2) is 8.36. The molecule has 154 valence electrons. The normalized spacial score (nSPS) is 14.0. The maximum absolute atomic E-state index is 13.2. The molecule has 1 aliphatic heterocycles. The Morgan fingerprint density at radius 2 is 1.80 bits per heavy atom. The monoisotopic (exact) mass is 421 g/mol. The number of amides is 3. The Hall–Kier alpha value is -3.06. The van der Waals surface area contributed by atoms with Crippen LogP contribution in [-0.4, -0.2) is 34.2 Å². The number of thiazole rings is 1. The van der Waals surface area contributed by atoms with Crippen LogP contribution in [0.3, 0.4) is 0 Å². The maximum Gasteiger partial charge on any atom is 0.230 e. The fourth-order valence-corrected chi connectivity index (χ4v) is 4.88. The Kier molecular flexibility index (Phi) is 5.63. The van der Waals surface area contributed by atoms with E-state index in [1.54, 1.807) is 4.90 Å². The quantitative estimate of drug-likeness (QED) is 0.565. The van der Waals surface area contributed by atoms with Gasteiger partial charge >= 0.3 is 0 Å². The van der Waals surface area contributed by atoms with Crippen LogP contribution in [0.4, 0.5) is 5.13 Å². The molecule has 0 unspecified atom stereocenters. The number of carbonyl (C=O) groups excluding carboxylic acids is 3. The number of rotatable bonds is 6. The van der Waals surface area contributed by atoms with E-state index in [-0.39, 0.29) is 43.5 Å². The topological polar surface area (TPSA) is 70.6 Å². The summed E-state index contributed by atoms with van der Waals surface area (Å²) in [6.45, 7) is 4.57. The van der Waals surface area contributed by atoms with Crippen molar-refractivity contribution >= 4 is 44.4 Å². The largest absolute Gasteiger partial charge is 0.284 e. The van der Waals surface area contributed by atoms with E-state index in [0.717, 1.165) is 26.9 Å². The first kappa shape index (κ1) is 20.2. The van der Waals surface area contributed by atoms with E-state index >= 15 is 0 Å². The zero-order valence-electron chi connectivity index (χ0n) is 17.1. The summed E-state index contributed by atoms with van der Waals surface area (Å²) >= 11 is 1.49. The molecule has 2 aromatic carbocycles. The summed E-state index contributed by atoms with van der Waals surface area (Å²) in [4.78, 5) is 44.6. The lowest BCUT2D eigenvalue weighted by atomic mass is 10.1. The minimum atomic E-state index is -0.200. The fourth-order valence-electron chi connectivity index (χ4n) is 3.72. The van der Waals surface area contributed by atoms with Crippen molar-refractivity contribution in [2.45, 2.75) is 39.7 Å². The lowest BCUT2D eigenvalue weighted by Gasteiger charge is -2.21. The van der Waals surface area contributed by atoms with Gasteiger partial charge in [-0.2, -0.15) is 0 Å². The highest BCUT2D eigenvalue weighted by Gasteiger charge is 2.30. The Morgan fingerprint density at radius 3 is 2.50 bits per heavy atom. The van der Waals surface area contributed by atoms with Gasteiger partial charge in [-0.1, -0.05) is 47.7 Å². The number of fused-ring (bicyclic) bond motifs is 1. The second-order valence-corrected chi connectivity index (χ2v) is 8.59. The first-order valence-electron chi connectivity index (χ1n) is 9.97. The molecular weight excluding hydrogens is 398 g/mol.